The van der Waals surface area contributed by atoms with Crippen LogP contribution < -0.4 is 15.2 Å². The minimum atomic E-state index is -3.60. The van der Waals surface area contributed by atoms with Gasteiger partial charge in [-0.15, -0.1) is 0 Å². The highest BCUT2D eigenvalue weighted by molar-refractivity contribution is 7.89. The maximum atomic E-state index is 12.2. The number of hydrogen-bond acceptors (Lipinski definition) is 5. The van der Waals surface area contributed by atoms with Crippen molar-refractivity contribution in [2.45, 2.75) is 18.7 Å². The third-order valence-electron chi connectivity index (χ3n) is 2.82. The summed E-state index contributed by atoms with van der Waals surface area (Å²) < 4.78 is 36.8. The molecule has 108 valence electrons. The molecule has 0 heterocycles. The number of hydrogen-bond donors (Lipinski definition) is 2. The second-order valence-electron chi connectivity index (χ2n) is 4.15. The highest BCUT2D eigenvalue weighted by Crippen LogP contribution is 2.33. The van der Waals surface area contributed by atoms with Gasteiger partial charge < -0.3 is 15.2 Å². The summed E-state index contributed by atoms with van der Waals surface area (Å²) in [6.45, 7) is 3.93. The number of rotatable bonds is 6. The van der Waals surface area contributed by atoms with Crippen LogP contribution in [0.1, 0.15) is 11.1 Å². The predicted octanol–water partition coefficient (Wildman–Crippen LogP) is 0.819. The highest BCUT2D eigenvalue weighted by atomic mass is 32.2. The third-order valence-corrected chi connectivity index (χ3v) is 4.40. The van der Waals surface area contributed by atoms with E-state index >= 15 is 0 Å². The molecule has 0 fully saturated rings. The first-order chi connectivity index (χ1) is 8.85. The molecule has 0 aliphatic rings. The first-order valence-corrected chi connectivity index (χ1v) is 7.25. The molecule has 0 atom stereocenters. The molecule has 7 heteroatoms. The molecule has 19 heavy (non-hydrogen) atoms. The van der Waals surface area contributed by atoms with Crippen molar-refractivity contribution >= 4 is 15.7 Å². The molecule has 1 aromatic carbocycles. The Labute approximate surface area is 113 Å². The molecule has 0 radical (unpaired) electrons. The standard InChI is InChI=1S/C12H20N2O4S/c1-8-7-10(9(2)11(13)12(8)18-4)19(15,16)14-5-6-17-3/h7,14H,5-6,13H2,1-4H3. The smallest absolute Gasteiger partial charge is 0.240 e. The fraction of sp³-hybridized carbons (Fsp3) is 0.500. The van der Waals surface area contributed by atoms with Crippen LogP contribution in [0.15, 0.2) is 11.0 Å². The van der Waals surface area contributed by atoms with Crippen LogP contribution in [0.5, 0.6) is 5.75 Å². The van der Waals surface area contributed by atoms with Crippen LogP contribution in [0.2, 0.25) is 0 Å². The Morgan fingerprint density at radius 1 is 1.32 bits per heavy atom. The summed E-state index contributed by atoms with van der Waals surface area (Å²) in [6.07, 6.45) is 0. The summed E-state index contributed by atoms with van der Waals surface area (Å²) in [6, 6.07) is 1.56. The Bertz CT molecular complexity index is 555. The molecule has 1 rings (SSSR count). The number of benzene rings is 1. The summed E-state index contributed by atoms with van der Waals surface area (Å²) in [7, 11) is -0.587. The molecular weight excluding hydrogens is 268 g/mol. The number of ether oxygens (including phenoxy) is 2. The van der Waals surface area contributed by atoms with E-state index in [-0.39, 0.29) is 11.4 Å². The van der Waals surface area contributed by atoms with E-state index in [1.807, 2.05) is 0 Å². The Morgan fingerprint density at radius 2 is 1.95 bits per heavy atom. The van der Waals surface area contributed by atoms with Crippen molar-refractivity contribution in [3.8, 4) is 5.75 Å². The molecule has 0 spiro atoms. The Kier molecular flexibility index (Phi) is 5.16. The summed E-state index contributed by atoms with van der Waals surface area (Å²) >= 11 is 0. The normalized spacial score (nSPS) is 11.6. The lowest BCUT2D eigenvalue weighted by Crippen LogP contribution is -2.28. The molecule has 0 aromatic heterocycles. The van der Waals surface area contributed by atoms with E-state index in [1.54, 1.807) is 19.9 Å². The van der Waals surface area contributed by atoms with Crippen molar-refractivity contribution in [1.82, 2.24) is 4.72 Å². The van der Waals surface area contributed by atoms with Crippen LogP contribution in [-0.4, -0.2) is 35.8 Å². The van der Waals surface area contributed by atoms with Crippen LogP contribution in [0.4, 0.5) is 5.69 Å². The van der Waals surface area contributed by atoms with Crippen molar-refractivity contribution in [3.05, 3.63) is 17.2 Å². The van der Waals surface area contributed by atoms with E-state index in [1.165, 1.54) is 14.2 Å². The molecule has 0 saturated carbocycles. The van der Waals surface area contributed by atoms with E-state index in [2.05, 4.69) is 4.72 Å². The summed E-state index contributed by atoms with van der Waals surface area (Å²) in [4.78, 5) is 0.166. The van der Waals surface area contributed by atoms with E-state index < -0.39 is 10.0 Å². The first-order valence-electron chi connectivity index (χ1n) is 5.77. The summed E-state index contributed by atoms with van der Waals surface area (Å²) in [5, 5.41) is 0. The molecule has 0 aliphatic heterocycles. The van der Waals surface area contributed by atoms with Crippen LogP contribution in [-0.2, 0) is 14.8 Å². The number of methoxy groups -OCH3 is 2. The summed E-state index contributed by atoms with van der Waals surface area (Å²) in [5.74, 6) is 0.508. The molecular formula is C12H20N2O4S. The lowest BCUT2D eigenvalue weighted by Gasteiger charge is -2.15. The summed E-state index contributed by atoms with van der Waals surface area (Å²) in [5.41, 5.74) is 7.40. The maximum absolute atomic E-state index is 12.2. The zero-order chi connectivity index (χ0) is 14.6. The number of anilines is 1. The number of nitrogens with one attached hydrogen (secondary N) is 1. The van der Waals surface area contributed by atoms with Crippen molar-refractivity contribution in [3.63, 3.8) is 0 Å². The lowest BCUT2D eigenvalue weighted by atomic mass is 10.1. The Balaban J connectivity index is 3.21. The molecule has 0 bridgehead atoms. The average Bonchev–Trinajstić information content (AvgIpc) is 2.34. The van der Waals surface area contributed by atoms with Crippen molar-refractivity contribution in [2.24, 2.45) is 0 Å². The number of nitrogens with two attached hydrogens (primary N) is 1. The van der Waals surface area contributed by atoms with Gasteiger partial charge in [-0.1, -0.05) is 0 Å². The van der Waals surface area contributed by atoms with Crippen LogP contribution in [0.3, 0.4) is 0 Å². The molecule has 0 unspecified atom stereocenters. The van der Waals surface area contributed by atoms with Gasteiger partial charge in [-0.05, 0) is 31.0 Å². The van der Waals surface area contributed by atoms with Gasteiger partial charge >= 0.3 is 0 Å². The Hall–Kier alpha value is -1.31. The second kappa shape index (κ2) is 6.23. The fourth-order valence-electron chi connectivity index (χ4n) is 1.79. The van der Waals surface area contributed by atoms with Crippen LogP contribution >= 0.6 is 0 Å². The van der Waals surface area contributed by atoms with Gasteiger partial charge in [0.25, 0.3) is 0 Å². The SMILES string of the molecule is COCCNS(=O)(=O)c1cc(C)c(OC)c(N)c1C. The van der Waals surface area contributed by atoms with Gasteiger partial charge in [-0.2, -0.15) is 0 Å². The van der Waals surface area contributed by atoms with Crippen molar-refractivity contribution in [2.75, 3.05) is 33.1 Å². The van der Waals surface area contributed by atoms with E-state index in [9.17, 15) is 8.42 Å². The molecule has 0 amide bonds. The number of sulfonamides is 1. The van der Waals surface area contributed by atoms with Gasteiger partial charge in [-0.25, -0.2) is 13.1 Å². The minimum absolute atomic E-state index is 0.166. The average molecular weight is 288 g/mol. The van der Waals surface area contributed by atoms with Gasteiger partial charge in [-0.3, -0.25) is 0 Å². The zero-order valence-corrected chi connectivity index (χ0v) is 12.4. The number of aryl methyl sites for hydroxylation is 1. The topological polar surface area (TPSA) is 90.6 Å². The van der Waals surface area contributed by atoms with Gasteiger partial charge in [0.05, 0.1) is 24.3 Å². The third kappa shape index (κ3) is 3.37. The van der Waals surface area contributed by atoms with Gasteiger partial charge in [0.1, 0.15) is 5.75 Å². The highest BCUT2D eigenvalue weighted by Gasteiger charge is 2.21. The fourth-order valence-corrected chi connectivity index (χ4v) is 3.14. The van der Waals surface area contributed by atoms with E-state index in [0.29, 0.717) is 29.2 Å². The van der Waals surface area contributed by atoms with Crippen LogP contribution in [0, 0.1) is 13.8 Å². The predicted molar refractivity (Wildman–Crippen MR) is 73.9 cm³/mol. The van der Waals surface area contributed by atoms with E-state index in [0.717, 1.165) is 0 Å². The van der Waals surface area contributed by atoms with Gasteiger partial charge in [0.15, 0.2) is 0 Å². The van der Waals surface area contributed by atoms with Crippen molar-refractivity contribution in [1.29, 1.82) is 0 Å². The lowest BCUT2D eigenvalue weighted by molar-refractivity contribution is 0.204. The van der Waals surface area contributed by atoms with Gasteiger partial charge in [0.2, 0.25) is 10.0 Å². The van der Waals surface area contributed by atoms with Crippen LogP contribution in [0.25, 0.3) is 0 Å². The van der Waals surface area contributed by atoms with Gasteiger partial charge in [0, 0.05) is 13.7 Å². The largest absolute Gasteiger partial charge is 0.494 e. The van der Waals surface area contributed by atoms with Crippen molar-refractivity contribution < 1.29 is 17.9 Å². The maximum Gasteiger partial charge on any atom is 0.240 e. The molecule has 1 aromatic rings. The first kappa shape index (κ1) is 15.7. The Morgan fingerprint density at radius 3 is 2.47 bits per heavy atom. The molecule has 3 N–H and O–H groups in total. The molecule has 6 nitrogen and oxygen atoms in total. The van der Waals surface area contributed by atoms with E-state index in [4.69, 9.17) is 15.2 Å². The molecule has 0 saturated heterocycles. The monoisotopic (exact) mass is 288 g/mol. The molecule has 0 aliphatic carbocycles. The number of nitrogen functional groups attached to an aromatic ring is 1. The minimum Gasteiger partial charge on any atom is -0.494 e. The second-order valence-corrected chi connectivity index (χ2v) is 5.89. The quantitative estimate of drug-likeness (QED) is 0.597. The zero-order valence-electron chi connectivity index (χ0n) is 11.6.